The van der Waals surface area contributed by atoms with Gasteiger partial charge in [0.1, 0.15) is 5.82 Å². The van der Waals surface area contributed by atoms with Crippen LogP contribution in [0.4, 0.5) is 14.9 Å². The summed E-state index contributed by atoms with van der Waals surface area (Å²) in [6, 6.07) is 3.36. The second kappa shape index (κ2) is 4.98. The molecule has 0 atom stereocenters. The highest BCUT2D eigenvalue weighted by atomic mass is 19.1. The molecule has 0 unspecified atom stereocenters. The first-order valence-electron chi connectivity index (χ1n) is 4.18. The summed E-state index contributed by atoms with van der Waals surface area (Å²) in [5.41, 5.74) is 10.6. The minimum absolute atomic E-state index is 0.167. The van der Waals surface area contributed by atoms with Crippen LogP contribution in [0, 0.1) is 17.7 Å². The van der Waals surface area contributed by atoms with E-state index in [4.69, 9.17) is 11.5 Å². The van der Waals surface area contributed by atoms with E-state index in [1.165, 1.54) is 12.1 Å². The second-order valence-corrected chi connectivity index (χ2v) is 2.69. The Morgan fingerprint density at radius 2 is 2.27 bits per heavy atom. The van der Waals surface area contributed by atoms with Gasteiger partial charge < -0.3 is 16.8 Å². The maximum Gasteiger partial charge on any atom is 0.316 e. The number of nitrogens with one attached hydrogen (secondary N) is 1. The van der Waals surface area contributed by atoms with Crippen LogP contribution in [-0.2, 0) is 0 Å². The number of rotatable bonds is 1. The van der Waals surface area contributed by atoms with Crippen LogP contribution in [-0.4, -0.2) is 12.6 Å². The number of hydrogen-bond acceptors (Lipinski definition) is 2. The minimum atomic E-state index is -0.741. The van der Waals surface area contributed by atoms with Gasteiger partial charge in [-0.25, -0.2) is 9.18 Å². The lowest BCUT2D eigenvalue weighted by Gasteiger charge is -2.02. The van der Waals surface area contributed by atoms with E-state index >= 15 is 0 Å². The molecule has 0 saturated heterocycles. The number of nitrogens with two attached hydrogens (primary N) is 2. The number of carbonyl (C=O) groups is 1. The Morgan fingerprint density at radius 1 is 1.53 bits per heavy atom. The number of primary amides is 1. The van der Waals surface area contributed by atoms with Crippen LogP contribution in [0.2, 0.25) is 0 Å². The molecule has 0 aliphatic rings. The fourth-order valence-electron chi connectivity index (χ4n) is 0.983. The molecular weight excluding hydrogens is 197 g/mol. The number of halogens is 1. The normalized spacial score (nSPS) is 8.93. The summed E-state index contributed by atoms with van der Waals surface area (Å²) in [6.45, 7) is 0.167. The first kappa shape index (κ1) is 11.0. The smallest absolute Gasteiger partial charge is 0.316 e. The monoisotopic (exact) mass is 207 g/mol. The Balaban J connectivity index is 2.92. The Kier molecular flexibility index (Phi) is 3.66. The van der Waals surface area contributed by atoms with Gasteiger partial charge in [-0.3, -0.25) is 0 Å². The van der Waals surface area contributed by atoms with Crippen LogP contribution in [0.15, 0.2) is 18.2 Å². The topological polar surface area (TPSA) is 81.1 Å². The van der Waals surface area contributed by atoms with Gasteiger partial charge in [0.05, 0.1) is 12.1 Å². The first-order chi connectivity index (χ1) is 7.13. The van der Waals surface area contributed by atoms with Gasteiger partial charge in [0.25, 0.3) is 0 Å². The van der Waals surface area contributed by atoms with Crippen molar-refractivity contribution in [1.29, 1.82) is 0 Å². The van der Waals surface area contributed by atoms with Crippen molar-refractivity contribution in [3.8, 4) is 11.8 Å². The summed E-state index contributed by atoms with van der Waals surface area (Å²) in [6.07, 6.45) is 0. The largest absolute Gasteiger partial charge is 0.351 e. The van der Waals surface area contributed by atoms with E-state index in [0.717, 1.165) is 6.07 Å². The van der Waals surface area contributed by atoms with Crippen molar-refractivity contribution in [1.82, 2.24) is 0 Å². The molecule has 5 N–H and O–H groups in total. The van der Waals surface area contributed by atoms with Gasteiger partial charge in [0, 0.05) is 5.69 Å². The Bertz CT molecular complexity index is 434. The van der Waals surface area contributed by atoms with Gasteiger partial charge in [-0.05, 0) is 18.2 Å². The Labute approximate surface area is 86.4 Å². The molecule has 1 rings (SSSR count). The van der Waals surface area contributed by atoms with Crippen molar-refractivity contribution in [3.63, 3.8) is 0 Å². The van der Waals surface area contributed by atoms with Crippen LogP contribution >= 0.6 is 0 Å². The van der Waals surface area contributed by atoms with Crippen LogP contribution in [0.25, 0.3) is 0 Å². The standard InChI is InChI=1S/C10H10FN3O/c11-9-6-8(14-10(13)15)4-3-7(9)2-1-5-12/h3-4,6H,5,12H2,(H3,13,14,15). The number of carbonyl (C=O) groups excluding carboxylic acids is 1. The summed E-state index contributed by atoms with van der Waals surface area (Å²) in [4.78, 5) is 10.5. The lowest BCUT2D eigenvalue weighted by atomic mass is 10.2. The zero-order chi connectivity index (χ0) is 11.3. The molecule has 78 valence electrons. The average Bonchev–Trinajstić information content (AvgIpc) is 2.15. The van der Waals surface area contributed by atoms with Gasteiger partial charge >= 0.3 is 6.03 Å². The molecule has 0 fully saturated rings. The van der Waals surface area contributed by atoms with Crippen molar-refractivity contribution in [2.24, 2.45) is 11.5 Å². The number of urea groups is 1. The molecule has 0 aliphatic heterocycles. The van der Waals surface area contributed by atoms with Crippen LogP contribution in [0.3, 0.4) is 0 Å². The second-order valence-electron chi connectivity index (χ2n) is 2.69. The van der Waals surface area contributed by atoms with Gasteiger partial charge in [-0.15, -0.1) is 0 Å². The van der Waals surface area contributed by atoms with Crippen molar-refractivity contribution < 1.29 is 9.18 Å². The Morgan fingerprint density at radius 3 is 2.80 bits per heavy atom. The highest BCUT2D eigenvalue weighted by Crippen LogP contribution is 2.13. The Hall–Kier alpha value is -2.06. The van der Waals surface area contributed by atoms with Crippen LogP contribution in [0.5, 0.6) is 0 Å². The van der Waals surface area contributed by atoms with Crippen molar-refractivity contribution in [3.05, 3.63) is 29.6 Å². The summed E-state index contributed by atoms with van der Waals surface area (Å²) in [7, 11) is 0. The molecule has 1 aromatic carbocycles. The van der Waals surface area contributed by atoms with Gasteiger partial charge in [0.2, 0.25) is 0 Å². The maximum atomic E-state index is 13.3. The molecule has 4 nitrogen and oxygen atoms in total. The highest BCUT2D eigenvalue weighted by molar-refractivity contribution is 5.87. The van der Waals surface area contributed by atoms with E-state index in [0.29, 0.717) is 5.69 Å². The molecule has 0 saturated carbocycles. The van der Waals surface area contributed by atoms with E-state index in [1.54, 1.807) is 0 Å². The van der Waals surface area contributed by atoms with E-state index in [9.17, 15) is 9.18 Å². The fraction of sp³-hybridized carbons (Fsp3) is 0.100. The summed E-state index contributed by atoms with van der Waals surface area (Å²) in [5.74, 6) is 4.56. The molecule has 0 bridgehead atoms. The highest BCUT2D eigenvalue weighted by Gasteiger charge is 2.02. The SMILES string of the molecule is NCC#Cc1ccc(NC(N)=O)cc1F. The molecule has 1 aromatic rings. The predicted octanol–water partition coefficient (Wildman–Crippen LogP) is 0.626. The quantitative estimate of drug-likeness (QED) is 0.590. The van der Waals surface area contributed by atoms with Crippen molar-refractivity contribution >= 4 is 11.7 Å². The lowest BCUT2D eigenvalue weighted by molar-refractivity contribution is 0.259. The van der Waals surface area contributed by atoms with Gasteiger partial charge in [-0.2, -0.15) is 0 Å². The summed E-state index contributed by atoms with van der Waals surface area (Å²) in [5, 5.41) is 2.25. The number of amides is 2. The van der Waals surface area contributed by atoms with E-state index in [2.05, 4.69) is 17.2 Å². The number of benzene rings is 1. The van der Waals surface area contributed by atoms with Crippen molar-refractivity contribution in [2.75, 3.05) is 11.9 Å². The third-order valence-electron chi connectivity index (χ3n) is 1.56. The first-order valence-corrected chi connectivity index (χ1v) is 4.18. The third-order valence-corrected chi connectivity index (χ3v) is 1.56. The third kappa shape index (κ3) is 3.29. The lowest BCUT2D eigenvalue weighted by Crippen LogP contribution is -2.19. The molecule has 0 radical (unpaired) electrons. The fourth-order valence-corrected chi connectivity index (χ4v) is 0.983. The minimum Gasteiger partial charge on any atom is -0.351 e. The van der Waals surface area contributed by atoms with E-state index < -0.39 is 11.8 Å². The molecular formula is C10H10FN3O. The summed E-state index contributed by atoms with van der Waals surface area (Å²) >= 11 is 0. The molecule has 0 aromatic heterocycles. The number of anilines is 1. The number of hydrogen-bond donors (Lipinski definition) is 3. The maximum absolute atomic E-state index is 13.3. The zero-order valence-electron chi connectivity index (χ0n) is 7.88. The molecule has 15 heavy (non-hydrogen) atoms. The molecule has 0 heterocycles. The molecule has 0 spiro atoms. The molecule has 2 amide bonds. The van der Waals surface area contributed by atoms with Crippen molar-refractivity contribution in [2.45, 2.75) is 0 Å². The van der Waals surface area contributed by atoms with E-state index in [1.807, 2.05) is 0 Å². The predicted molar refractivity (Wildman–Crippen MR) is 55.5 cm³/mol. The van der Waals surface area contributed by atoms with E-state index in [-0.39, 0.29) is 12.1 Å². The van der Waals surface area contributed by atoms with Crippen LogP contribution in [0.1, 0.15) is 5.56 Å². The molecule has 5 heteroatoms. The van der Waals surface area contributed by atoms with Gasteiger partial charge in [-0.1, -0.05) is 11.8 Å². The zero-order valence-corrected chi connectivity index (χ0v) is 7.88. The molecule has 0 aliphatic carbocycles. The summed E-state index contributed by atoms with van der Waals surface area (Å²) < 4.78 is 13.3. The van der Waals surface area contributed by atoms with Gasteiger partial charge in [0.15, 0.2) is 0 Å². The average molecular weight is 207 g/mol. The van der Waals surface area contributed by atoms with Crippen LogP contribution < -0.4 is 16.8 Å².